The average Bonchev–Trinajstić information content (AvgIpc) is 2.95. The SMILES string of the molecule is Cc1ncc(-c2ccc(NC(=O)c3ccc(F)cc3)cc2)[nH]1. The summed E-state index contributed by atoms with van der Waals surface area (Å²) in [6.45, 7) is 1.89. The average molecular weight is 295 g/mol. The van der Waals surface area contributed by atoms with Crippen LogP contribution in [0.2, 0.25) is 0 Å². The van der Waals surface area contributed by atoms with Gasteiger partial charge in [-0.3, -0.25) is 4.79 Å². The fourth-order valence-corrected chi connectivity index (χ4v) is 2.11. The summed E-state index contributed by atoms with van der Waals surface area (Å²) in [4.78, 5) is 19.3. The van der Waals surface area contributed by atoms with Gasteiger partial charge in [0.25, 0.3) is 5.91 Å². The third-order valence-corrected chi connectivity index (χ3v) is 3.26. The van der Waals surface area contributed by atoms with Gasteiger partial charge in [-0.2, -0.15) is 0 Å². The van der Waals surface area contributed by atoms with E-state index >= 15 is 0 Å². The fourth-order valence-electron chi connectivity index (χ4n) is 2.11. The van der Waals surface area contributed by atoms with Crippen LogP contribution >= 0.6 is 0 Å². The first-order valence-corrected chi connectivity index (χ1v) is 6.81. The Labute approximate surface area is 127 Å². The summed E-state index contributed by atoms with van der Waals surface area (Å²) in [5, 5.41) is 2.77. The van der Waals surface area contributed by atoms with Crippen molar-refractivity contribution in [1.29, 1.82) is 0 Å². The molecule has 0 unspecified atom stereocenters. The molecule has 0 aliphatic heterocycles. The van der Waals surface area contributed by atoms with Crippen molar-refractivity contribution < 1.29 is 9.18 Å². The van der Waals surface area contributed by atoms with E-state index in [4.69, 9.17) is 0 Å². The zero-order chi connectivity index (χ0) is 15.5. The lowest BCUT2D eigenvalue weighted by atomic mass is 10.1. The molecular weight excluding hydrogens is 281 g/mol. The molecule has 3 rings (SSSR count). The second-order valence-electron chi connectivity index (χ2n) is 4.92. The Bertz CT molecular complexity index is 792. The largest absolute Gasteiger partial charge is 0.342 e. The van der Waals surface area contributed by atoms with Gasteiger partial charge in [0.1, 0.15) is 11.6 Å². The number of aryl methyl sites for hydroxylation is 1. The van der Waals surface area contributed by atoms with Gasteiger partial charge in [0.15, 0.2) is 0 Å². The van der Waals surface area contributed by atoms with Crippen LogP contribution in [0.15, 0.2) is 54.7 Å². The molecule has 1 heterocycles. The Kier molecular flexibility index (Phi) is 3.70. The van der Waals surface area contributed by atoms with E-state index in [9.17, 15) is 9.18 Å². The monoisotopic (exact) mass is 295 g/mol. The van der Waals surface area contributed by atoms with E-state index in [-0.39, 0.29) is 11.7 Å². The molecule has 0 saturated carbocycles. The van der Waals surface area contributed by atoms with E-state index < -0.39 is 0 Å². The molecule has 110 valence electrons. The van der Waals surface area contributed by atoms with Crippen molar-refractivity contribution in [3.8, 4) is 11.3 Å². The molecule has 0 fully saturated rings. The second-order valence-corrected chi connectivity index (χ2v) is 4.92. The third kappa shape index (κ3) is 3.03. The Morgan fingerprint density at radius 3 is 2.36 bits per heavy atom. The quantitative estimate of drug-likeness (QED) is 0.772. The topological polar surface area (TPSA) is 57.8 Å². The number of hydrogen-bond donors (Lipinski definition) is 2. The molecule has 1 aromatic heterocycles. The lowest BCUT2D eigenvalue weighted by Crippen LogP contribution is -2.11. The minimum atomic E-state index is -0.365. The fraction of sp³-hybridized carbons (Fsp3) is 0.0588. The van der Waals surface area contributed by atoms with Crippen LogP contribution in [0, 0.1) is 12.7 Å². The molecule has 0 spiro atoms. The van der Waals surface area contributed by atoms with Gasteiger partial charge >= 0.3 is 0 Å². The summed E-state index contributed by atoms with van der Waals surface area (Å²) in [6.07, 6.45) is 1.77. The van der Waals surface area contributed by atoms with Gasteiger partial charge in [0.2, 0.25) is 0 Å². The molecule has 4 nitrogen and oxygen atoms in total. The number of hydrogen-bond acceptors (Lipinski definition) is 2. The van der Waals surface area contributed by atoms with Crippen LogP contribution in [0.4, 0.5) is 10.1 Å². The predicted octanol–water partition coefficient (Wildman–Crippen LogP) is 3.78. The highest BCUT2D eigenvalue weighted by Gasteiger charge is 2.07. The molecule has 2 aromatic carbocycles. The maximum absolute atomic E-state index is 12.8. The van der Waals surface area contributed by atoms with E-state index in [1.165, 1.54) is 24.3 Å². The van der Waals surface area contributed by atoms with Gasteiger partial charge < -0.3 is 10.3 Å². The van der Waals surface area contributed by atoms with E-state index in [0.29, 0.717) is 11.3 Å². The number of amides is 1. The summed E-state index contributed by atoms with van der Waals surface area (Å²) in [5.41, 5.74) is 3.00. The number of nitrogens with zero attached hydrogens (tertiary/aromatic N) is 1. The van der Waals surface area contributed by atoms with Gasteiger partial charge in [-0.05, 0) is 48.9 Å². The van der Waals surface area contributed by atoms with Crippen molar-refractivity contribution >= 4 is 11.6 Å². The molecule has 2 N–H and O–H groups in total. The van der Waals surface area contributed by atoms with Gasteiger partial charge in [-0.15, -0.1) is 0 Å². The normalized spacial score (nSPS) is 10.5. The van der Waals surface area contributed by atoms with Gasteiger partial charge in [0.05, 0.1) is 11.9 Å². The highest BCUT2D eigenvalue weighted by atomic mass is 19.1. The van der Waals surface area contributed by atoms with E-state index in [1.807, 2.05) is 31.2 Å². The van der Waals surface area contributed by atoms with E-state index in [2.05, 4.69) is 15.3 Å². The van der Waals surface area contributed by atoms with Crippen molar-refractivity contribution in [2.75, 3.05) is 5.32 Å². The Morgan fingerprint density at radius 1 is 1.09 bits per heavy atom. The van der Waals surface area contributed by atoms with Crippen molar-refractivity contribution in [3.05, 3.63) is 71.9 Å². The molecule has 1 amide bonds. The van der Waals surface area contributed by atoms with E-state index in [0.717, 1.165) is 17.1 Å². The van der Waals surface area contributed by atoms with Crippen LogP contribution in [-0.4, -0.2) is 15.9 Å². The molecule has 0 aliphatic rings. The van der Waals surface area contributed by atoms with Crippen LogP contribution in [0.25, 0.3) is 11.3 Å². The van der Waals surface area contributed by atoms with Crippen molar-refractivity contribution in [2.45, 2.75) is 6.92 Å². The van der Waals surface area contributed by atoms with Gasteiger partial charge in [-0.1, -0.05) is 12.1 Å². The van der Waals surface area contributed by atoms with Gasteiger partial charge in [-0.25, -0.2) is 9.37 Å². The standard InChI is InChI=1S/C17H14FN3O/c1-11-19-10-16(20-11)12-4-8-15(9-5-12)21-17(22)13-2-6-14(18)7-3-13/h2-10H,1H3,(H,19,20)(H,21,22). The molecule has 22 heavy (non-hydrogen) atoms. The smallest absolute Gasteiger partial charge is 0.255 e. The van der Waals surface area contributed by atoms with Crippen LogP contribution < -0.4 is 5.32 Å². The second kappa shape index (κ2) is 5.81. The minimum Gasteiger partial charge on any atom is -0.342 e. The zero-order valence-corrected chi connectivity index (χ0v) is 11.9. The van der Waals surface area contributed by atoms with Crippen molar-refractivity contribution in [2.24, 2.45) is 0 Å². The maximum atomic E-state index is 12.8. The maximum Gasteiger partial charge on any atom is 0.255 e. The number of carbonyl (C=O) groups is 1. The van der Waals surface area contributed by atoms with Gasteiger partial charge in [0, 0.05) is 11.3 Å². The lowest BCUT2D eigenvalue weighted by molar-refractivity contribution is 0.102. The summed E-state index contributed by atoms with van der Waals surface area (Å²) < 4.78 is 12.8. The minimum absolute atomic E-state index is 0.273. The Balaban J connectivity index is 1.73. The zero-order valence-electron chi connectivity index (χ0n) is 11.9. The van der Waals surface area contributed by atoms with Crippen LogP contribution in [-0.2, 0) is 0 Å². The number of carbonyl (C=O) groups excluding carboxylic acids is 1. The number of H-pyrrole nitrogens is 1. The van der Waals surface area contributed by atoms with E-state index in [1.54, 1.807) is 6.20 Å². The summed E-state index contributed by atoms with van der Waals surface area (Å²) in [5.74, 6) is 0.213. The molecular formula is C17H14FN3O. The molecule has 3 aromatic rings. The first-order valence-electron chi connectivity index (χ1n) is 6.81. The summed E-state index contributed by atoms with van der Waals surface area (Å²) in [7, 11) is 0. The Hall–Kier alpha value is -2.95. The van der Waals surface area contributed by atoms with Crippen LogP contribution in [0.5, 0.6) is 0 Å². The predicted molar refractivity (Wildman–Crippen MR) is 83.1 cm³/mol. The molecule has 0 saturated heterocycles. The van der Waals surface area contributed by atoms with Crippen LogP contribution in [0.3, 0.4) is 0 Å². The Morgan fingerprint density at radius 2 is 1.77 bits per heavy atom. The molecule has 0 atom stereocenters. The summed E-state index contributed by atoms with van der Waals surface area (Å²) in [6, 6.07) is 12.8. The van der Waals surface area contributed by atoms with Crippen molar-refractivity contribution in [3.63, 3.8) is 0 Å². The van der Waals surface area contributed by atoms with Crippen molar-refractivity contribution in [1.82, 2.24) is 9.97 Å². The molecule has 0 radical (unpaired) electrons. The first-order chi connectivity index (χ1) is 10.6. The number of anilines is 1. The highest BCUT2D eigenvalue weighted by molar-refractivity contribution is 6.04. The number of aromatic nitrogens is 2. The lowest BCUT2D eigenvalue weighted by Gasteiger charge is -2.06. The number of benzene rings is 2. The molecule has 0 bridgehead atoms. The number of imidazole rings is 1. The third-order valence-electron chi connectivity index (χ3n) is 3.26. The first kappa shape index (κ1) is 14.0. The van der Waals surface area contributed by atoms with Crippen LogP contribution in [0.1, 0.15) is 16.2 Å². The number of halogens is 1. The summed E-state index contributed by atoms with van der Waals surface area (Å²) >= 11 is 0. The number of aromatic amines is 1. The number of rotatable bonds is 3. The number of nitrogens with one attached hydrogen (secondary N) is 2. The molecule has 0 aliphatic carbocycles. The highest BCUT2D eigenvalue weighted by Crippen LogP contribution is 2.20. The molecule has 5 heteroatoms.